The van der Waals surface area contributed by atoms with Gasteiger partial charge in [0.15, 0.2) is 0 Å². The Morgan fingerprint density at radius 1 is 0.750 bits per heavy atom. The van der Waals surface area contributed by atoms with E-state index in [9.17, 15) is 0 Å². The molecule has 0 saturated heterocycles. The fraction of sp³-hybridized carbons (Fsp3) is 1.00. The Morgan fingerprint density at radius 3 is 1.17 bits per heavy atom. The minimum atomic E-state index is 0. The molecule has 0 rings (SSSR count). The maximum atomic E-state index is 2.32. The Kier molecular flexibility index (Phi) is 24.3. The van der Waals surface area contributed by atoms with Gasteiger partial charge in [0.25, 0.3) is 0 Å². The molecule has 72 valence electrons. The summed E-state index contributed by atoms with van der Waals surface area (Å²) in [5.74, 6) is 0. The molecule has 0 unspecified atom stereocenters. The van der Waals surface area contributed by atoms with Gasteiger partial charge in [0.1, 0.15) is 0 Å². The van der Waals surface area contributed by atoms with Crippen LogP contribution in [0, 0.1) is 0 Å². The molecular formula is C9H23CaOP. The summed E-state index contributed by atoms with van der Waals surface area (Å²) >= 11 is 0. The summed E-state index contributed by atoms with van der Waals surface area (Å²) in [5, 5.41) is 0. The first kappa shape index (κ1) is 19.3. The largest absolute Gasteiger partial charge is 0.870 e. The maximum Gasteiger partial charge on any atom is 0.0569 e. The van der Waals surface area contributed by atoms with Crippen LogP contribution in [-0.4, -0.2) is 61.7 Å². The van der Waals surface area contributed by atoms with E-state index < -0.39 is 0 Å². The summed E-state index contributed by atoms with van der Waals surface area (Å²) in [6.07, 6.45) is 8.88. The van der Waals surface area contributed by atoms with Crippen LogP contribution >= 0.6 is 7.92 Å². The van der Waals surface area contributed by atoms with Gasteiger partial charge >= 0.3 is 0 Å². The van der Waals surface area contributed by atoms with Crippen LogP contribution in [0.3, 0.4) is 0 Å². The molecule has 0 amide bonds. The maximum absolute atomic E-state index is 2.32. The molecule has 0 atom stereocenters. The van der Waals surface area contributed by atoms with Crippen molar-refractivity contribution in [3.05, 3.63) is 0 Å². The topological polar surface area (TPSA) is 30.0 Å². The van der Waals surface area contributed by atoms with Crippen molar-refractivity contribution in [1.82, 2.24) is 0 Å². The van der Waals surface area contributed by atoms with Gasteiger partial charge < -0.3 is 5.48 Å². The van der Waals surface area contributed by atoms with Gasteiger partial charge in [-0.2, -0.15) is 0 Å². The third kappa shape index (κ3) is 11.6. The van der Waals surface area contributed by atoms with Crippen LogP contribution in [0.25, 0.3) is 0 Å². The number of hydrogen-bond donors (Lipinski definition) is 0. The summed E-state index contributed by atoms with van der Waals surface area (Å²) < 4.78 is 0. The molecule has 0 aliphatic rings. The van der Waals surface area contributed by atoms with E-state index >= 15 is 0 Å². The molecule has 0 aliphatic carbocycles. The summed E-state index contributed by atoms with van der Waals surface area (Å²) in [4.78, 5) is 0. The molecule has 0 aliphatic heterocycles. The molecule has 3 heteroatoms. The molecule has 12 heavy (non-hydrogen) atoms. The third-order valence-electron chi connectivity index (χ3n) is 1.81. The van der Waals surface area contributed by atoms with Gasteiger partial charge in [-0.3, -0.25) is 0 Å². The average molecular weight is 218 g/mol. The minimum Gasteiger partial charge on any atom is -0.870 e. The average Bonchev–Trinajstić information content (AvgIpc) is 1.90. The summed E-state index contributed by atoms with van der Waals surface area (Å²) in [7, 11) is 0.103. The molecule has 0 aromatic rings. The summed E-state index contributed by atoms with van der Waals surface area (Å²) in [6, 6.07) is 0. The quantitative estimate of drug-likeness (QED) is 0.498. The Balaban J connectivity index is -0.000000405. The van der Waals surface area contributed by atoms with Crippen LogP contribution in [0.5, 0.6) is 0 Å². The van der Waals surface area contributed by atoms with E-state index in [2.05, 4.69) is 20.8 Å². The van der Waals surface area contributed by atoms with Crippen molar-refractivity contribution in [1.29, 1.82) is 0 Å². The molecule has 1 N–H and O–H groups in total. The minimum absolute atomic E-state index is 0. The molecule has 1 nitrogen and oxygen atoms in total. The van der Waals surface area contributed by atoms with Gasteiger partial charge in [0.05, 0.1) is 18.5 Å². The molecule has 0 aromatic heterocycles. The Bertz CT molecular complexity index is 57.3. The van der Waals surface area contributed by atoms with Crippen molar-refractivity contribution < 1.29 is 5.48 Å². The first-order valence-electron chi connectivity index (χ1n) is 4.68. The van der Waals surface area contributed by atoms with Gasteiger partial charge in [0.2, 0.25) is 0 Å². The monoisotopic (exact) mass is 218 g/mol. The number of rotatable bonds is 6. The predicted molar refractivity (Wildman–Crippen MR) is 61.5 cm³/mol. The second-order valence-corrected chi connectivity index (χ2v) is 6.00. The zero-order valence-electron chi connectivity index (χ0n) is 8.90. The summed E-state index contributed by atoms with van der Waals surface area (Å²) in [6.45, 7) is 6.95. The normalized spacial score (nSPS) is 9.00. The van der Waals surface area contributed by atoms with Crippen molar-refractivity contribution in [2.45, 2.75) is 40.0 Å². The smallest absolute Gasteiger partial charge is 0.0569 e. The van der Waals surface area contributed by atoms with Crippen LogP contribution < -0.4 is 0 Å². The zero-order valence-corrected chi connectivity index (χ0v) is 12.1. The van der Waals surface area contributed by atoms with Crippen LogP contribution in [0.1, 0.15) is 40.0 Å². The van der Waals surface area contributed by atoms with Crippen molar-refractivity contribution in [3.63, 3.8) is 0 Å². The van der Waals surface area contributed by atoms with Gasteiger partial charge in [-0.05, 0) is 19.3 Å². The first-order chi connectivity index (χ1) is 4.85. The van der Waals surface area contributed by atoms with E-state index in [0.29, 0.717) is 0 Å². The second-order valence-electron chi connectivity index (χ2n) is 3.00. The molecule has 2 radical (unpaired) electrons. The molecule has 0 spiro atoms. The SMILES string of the molecule is CCC[PH+](CCC)CCC.[Ca].[OH-]. The third-order valence-corrected chi connectivity index (χ3v) is 5.43. The first-order valence-corrected chi connectivity index (χ1v) is 6.80. The van der Waals surface area contributed by atoms with Crippen LogP contribution in [-0.2, 0) is 0 Å². The second kappa shape index (κ2) is 15.1. The van der Waals surface area contributed by atoms with Gasteiger partial charge in [-0.15, -0.1) is 0 Å². The summed E-state index contributed by atoms with van der Waals surface area (Å²) in [5.41, 5.74) is 0. The fourth-order valence-electron chi connectivity index (χ4n) is 1.44. The van der Waals surface area contributed by atoms with Crippen molar-refractivity contribution in [2.24, 2.45) is 0 Å². The Morgan fingerprint density at radius 2 is 1.00 bits per heavy atom. The van der Waals surface area contributed by atoms with Crippen molar-refractivity contribution in [2.75, 3.05) is 18.5 Å². The van der Waals surface area contributed by atoms with E-state index in [1.807, 2.05) is 0 Å². The molecule has 0 saturated carbocycles. The van der Waals surface area contributed by atoms with E-state index in [1.165, 1.54) is 19.3 Å². The zero-order chi connectivity index (χ0) is 7.82. The molecule has 0 aromatic carbocycles. The molecule has 0 bridgehead atoms. The van der Waals surface area contributed by atoms with Gasteiger partial charge in [0, 0.05) is 45.7 Å². The Labute approximate surface area is 109 Å². The number of hydrogen-bond acceptors (Lipinski definition) is 1. The van der Waals surface area contributed by atoms with Crippen LogP contribution in [0.2, 0.25) is 0 Å². The van der Waals surface area contributed by atoms with Crippen molar-refractivity contribution in [3.8, 4) is 0 Å². The molecular weight excluding hydrogens is 195 g/mol. The van der Waals surface area contributed by atoms with Crippen molar-refractivity contribution >= 4 is 45.7 Å². The molecule has 0 heterocycles. The van der Waals surface area contributed by atoms with E-state index in [1.54, 1.807) is 18.5 Å². The predicted octanol–water partition coefficient (Wildman–Crippen LogP) is 2.87. The van der Waals surface area contributed by atoms with E-state index in [-0.39, 0.29) is 51.1 Å². The standard InChI is InChI=1S/C9H21P.Ca.H2O/c1-4-7-10(8-5-2)9-6-3;;/h4-9H2,1-3H3;;1H2. The molecule has 0 fully saturated rings. The van der Waals surface area contributed by atoms with Crippen LogP contribution in [0.15, 0.2) is 0 Å². The fourth-order valence-corrected chi connectivity index (χ4v) is 4.31. The van der Waals surface area contributed by atoms with Crippen LogP contribution in [0.4, 0.5) is 0 Å². The van der Waals surface area contributed by atoms with E-state index in [4.69, 9.17) is 0 Å². The Hall–Kier alpha value is 1.65. The van der Waals surface area contributed by atoms with E-state index in [0.717, 1.165) is 0 Å². The van der Waals surface area contributed by atoms with Gasteiger partial charge in [-0.1, -0.05) is 20.8 Å². The van der Waals surface area contributed by atoms with Gasteiger partial charge in [-0.25, -0.2) is 0 Å².